The van der Waals surface area contributed by atoms with Gasteiger partial charge < -0.3 is 10.6 Å². The zero-order chi connectivity index (χ0) is 27.9. The van der Waals surface area contributed by atoms with E-state index in [0.29, 0.717) is 22.2 Å². The highest BCUT2D eigenvalue weighted by Crippen LogP contribution is 2.42. The van der Waals surface area contributed by atoms with Crippen LogP contribution in [0.15, 0.2) is 95.9 Å². The fraction of sp³-hybridized carbons (Fsp3) is 0.182. The van der Waals surface area contributed by atoms with Crippen molar-refractivity contribution in [3.8, 4) is 6.07 Å². The summed E-state index contributed by atoms with van der Waals surface area (Å²) in [6, 6.07) is 29.9. The van der Waals surface area contributed by atoms with Crippen LogP contribution >= 0.6 is 23.1 Å². The molecule has 1 heterocycles. The van der Waals surface area contributed by atoms with E-state index < -0.39 is 5.25 Å². The van der Waals surface area contributed by atoms with Crippen LogP contribution < -0.4 is 10.6 Å². The Balaban J connectivity index is 1.21. The molecule has 2 unspecified atom stereocenters. The second-order valence-corrected chi connectivity index (χ2v) is 12.2. The lowest BCUT2D eigenvalue weighted by atomic mass is 9.83. The van der Waals surface area contributed by atoms with E-state index in [1.165, 1.54) is 39.6 Å². The number of hydrogen-bond acceptors (Lipinski definition) is 5. The van der Waals surface area contributed by atoms with Crippen LogP contribution in [-0.4, -0.2) is 17.1 Å². The molecule has 0 spiro atoms. The Morgan fingerprint density at radius 2 is 1.77 bits per heavy atom. The monoisotopic (exact) mass is 563 g/mol. The van der Waals surface area contributed by atoms with Crippen molar-refractivity contribution in [3.63, 3.8) is 0 Å². The van der Waals surface area contributed by atoms with Gasteiger partial charge in [-0.3, -0.25) is 9.59 Å². The van der Waals surface area contributed by atoms with Crippen LogP contribution in [0.3, 0.4) is 0 Å². The number of nitrogens with zero attached hydrogens (tertiary/aromatic N) is 1. The molecule has 40 heavy (non-hydrogen) atoms. The van der Waals surface area contributed by atoms with Gasteiger partial charge in [0.2, 0.25) is 11.8 Å². The topological polar surface area (TPSA) is 82.0 Å². The van der Waals surface area contributed by atoms with Crippen molar-refractivity contribution in [1.82, 2.24) is 0 Å². The molecule has 0 fully saturated rings. The number of thiophene rings is 1. The molecule has 2 amide bonds. The summed E-state index contributed by atoms with van der Waals surface area (Å²) < 4.78 is 0. The van der Waals surface area contributed by atoms with E-state index in [9.17, 15) is 14.9 Å². The summed E-state index contributed by atoms with van der Waals surface area (Å²) >= 11 is 2.94. The first-order valence-electron chi connectivity index (χ1n) is 13.2. The number of rotatable bonds is 8. The number of fused-ring (bicyclic) bond motifs is 1. The number of hydrogen-bond donors (Lipinski definition) is 2. The van der Waals surface area contributed by atoms with Gasteiger partial charge in [0.15, 0.2) is 0 Å². The highest BCUT2D eigenvalue weighted by molar-refractivity contribution is 8.00. The average Bonchev–Trinajstić information content (AvgIpc) is 3.33. The normalized spacial score (nSPS) is 15.2. The number of carbonyl (C=O) groups excluding carboxylic acids is 2. The van der Waals surface area contributed by atoms with Crippen LogP contribution in [0.2, 0.25) is 0 Å². The molecule has 4 aromatic rings. The second-order valence-electron chi connectivity index (χ2n) is 9.68. The Bertz CT molecular complexity index is 1570. The van der Waals surface area contributed by atoms with Crippen LogP contribution in [0.1, 0.15) is 46.4 Å². The minimum atomic E-state index is -0.397. The summed E-state index contributed by atoms with van der Waals surface area (Å²) in [5.41, 5.74) is 4.61. The van der Waals surface area contributed by atoms with Gasteiger partial charge in [-0.05, 0) is 73.1 Å². The zero-order valence-corrected chi connectivity index (χ0v) is 23.7. The Morgan fingerprint density at radius 3 is 2.52 bits per heavy atom. The maximum absolute atomic E-state index is 13.2. The summed E-state index contributed by atoms with van der Waals surface area (Å²) in [4.78, 5) is 27.6. The molecule has 2 atom stereocenters. The Kier molecular flexibility index (Phi) is 8.80. The molecular weight excluding hydrogens is 535 g/mol. The van der Waals surface area contributed by atoms with Crippen LogP contribution in [-0.2, 0) is 22.4 Å². The number of nitrogens with one attached hydrogen (secondary N) is 2. The van der Waals surface area contributed by atoms with Crippen LogP contribution in [0.25, 0.3) is 6.08 Å². The van der Waals surface area contributed by atoms with Gasteiger partial charge in [-0.2, -0.15) is 5.26 Å². The number of carbonyl (C=O) groups is 2. The fourth-order valence-corrected chi connectivity index (χ4v) is 7.05. The molecule has 2 N–H and O–H groups in total. The van der Waals surface area contributed by atoms with Crippen LogP contribution in [0, 0.1) is 11.3 Å². The first-order chi connectivity index (χ1) is 19.5. The third-order valence-corrected chi connectivity index (χ3v) is 9.16. The molecule has 0 saturated heterocycles. The maximum atomic E-state index is 13.2. The van der Waals surface area contributed by atoms with E-state index in [1.54, 1.807) is 6.08 Å². The molecule has 5 nitrogen and oxygen atoms in total. The van der Waals surface area contributed by atoms with Crippen molar-refractivity contribution in [3.05, 3.63) is 118 Å². The quantitative estimate of drug-likeness (QED) is 0.170. The molecule has 0 aliphatic heterocycles. The lowest BCUT2D eigenvalue weighted by Gasteiger charge is -2.22. The lowest BCUT2D eigenvalue weighted by Crippen LogP contribution is -2.22. The lowest BCUT2D eigenvalue weighted by molar-refractivity contribution is -0.115. The number of thioether (sulfide) groups is 1. The molecule has 3 aromatic carbocycles. The molecule has 0 radical (unpaired) electrons. The second kappa shape index (κ2) is 12.8. The fourth-order valence-electron chi connectivity index (χ4n) is 4.84. The van der Waals surface area contributed by atoms with E-state index in [2.05, 4.69) is 41.0 Å². The number of benzene rings is 3. The molecule has 5 rings (SSSR count). The van der Waals surface area contributed by atoms with Crippen LogP contribution in [0.4, 0.5) is 10.7 Å². The maximum Gasteiger partial charge on any atom is 0.248 e. The summed E-state index contributed by atoms with van der Waals surface area (Å²) in [5.74, 6) is 0.0513. The molecule has 1 aromatic heterocycles. The van der Waals surface area contributed by atoms with Crippen molar-refractivity contribution >= 4 is 51.7 Å². The van der Waals surface area contributed by atoms with Gasteiger partial charge in [-0.1, -0.05) is 66.7 Å². The zero-order valence-electron chi connectivity index (χ0n) is 22.1. The van der Waals surface area contributed by atoms with Crippen molar-refractivity contribution in [1.29, 1.82) is 5.26 Å². The third kappa shape index (κ3) is 6.71. The number of amides is 2. The summed E-state index contributed by atoms with van der Waals surface area (Å²) in [7, 11) is 0. The first-order valence-corrected chi connectivity index (χ1v) is 14.9. The van der Waals surface area contributed by atoms with E-state index in [4.69, 9.17) is 0 Å². The molecular formula is C33H29N3O2S2. The molecule has 0 bridgehead atoms. The first kappa shape index (κ1) is 27.4. The molecule has 1 aliphatic rings. The molecule has 200 valence electrons. The van der Waals surface area contributed by atoms with Gasteiger partial charge >= 0.3 is 0 Å². The predicted molar refractivity (Wildman–Crippen MR) is 165 cm³/mol. The summed E-state index contributed by atoms with van der Waals surface area (Å²) in [6.07, 6.45) is 5.99. The Morgan fingerprint density at radius 1 is 1.02 bits per heavy atom. The summed E-state index contributed by atoms with van der Waals surface area (Å²) in [5, 5.41) is 16.1. The van der Waals surface area contributed by atoms with Gasteiger partial charge in [0.25, 0.3) is 0 Å². The van der Waals surface area contributed by atoms with Gasteiger partial charge in [0, 0.05) is 21.5 Å². The van der Waals surface area contributed by atoms with Crippen molar-refractivity contribution in [2.24, 2.45) is 0 Å². The molecule has 7 heteroatoms. The minimum Gasteiger partial charge on any atom is -0.322 e. The number of anilines is 2. The van der Waals surface area contributed by atoms with E-state index in [-0.39, 0.29) is 11.8 Å². The van der Waals surface area contributed by atoms with Crippen molar-refractivity contribution in [2.45, 2.75) is 42.2 Å². The van der Waals surface area contributed by atoms with Crippen molar-refractivity contribution < 1.29 is 9.59 Å². The largest absolute Gasteiger partial charge is 0.322 e. The van der Waals surface area contributed by atoms with Crippen molar-refractivity contribution in [2.75, 3.05) is 10.6 Å². The molecule has 0 saturated carbocycles. The highest BCUT2D eigenvalue weighted by atomic mass is 32.2. The van der Waals surface area contributed by atoms with E-state index >= 15 is 0 Å². The van der Waals surface area contributed by atoms with Gasteiger partial charge in [-0.15, -0.1) is 23.1 Å². The standard InChI is InChI=1S/C33H29N3O2S2/c1-22(39-27-14-8-13-26(20-27)35-31(37)18-15-23-9-4-2-5-10-23)32(38)36-33-29(21-34)28-17-16-25(19-30(28)40-33)24-11-6-3-7-12-24/h2-15,18,20,22,25H,16-17,19H2,1H3,(H,35,37)(H,36,38)/b18-15+. The van der Waals surface area contributed by atoms with E-state index in [1.807, 2.05) is 67.6 Å². The van der Waals surface area contributed by atoms with E-state index in [0.717, 1.165) is 35.3 Å². The summed E-state index contributed by atoms with van der Waals surface area (Å²) in [6.45, 7) is 1.85. The van der Waals surface area contributed by atoms with Gasteiger partial charge in [0.1, 0.15) is 11.1 Å². The van der Waals surface area contributed by atoms with Gasteiger partial charge in [0.05, 0.1) is 10.8 Å². The van der Waals surface area contributed by atoms with Crippen LogP contribution in [0.5, 0.6) is 0 Å². The number of nitriles is 1. The Labute approximate surface area is 243 Å². The van der Waals surface area contributed by atoms with Gasteiger partial charge in [-0.25, -0.2) is 0 Å². The Hall–Kier alpha value is -4.12. The third-order valence-electron chi connectivity index (χ3n) is 6.90. The predicted octanol–water partition coefficient (Wildman–Crippen LogP) is 7.66. The average molecular weight is 564 g/mol. The smallest absolute Gasteiger partial charge is 0.248 e. The molecule has 1 aliphatic carbocycles. The highest BCUT2D eigenvalue weighted by Gasteiger charge is 2.28. The minimum absolute atomic E-state index is 0.153. The SMILES string of the molecule is CC(Sc1cccc(NC(=O)/C=C/c2ccccc2)c1)C(=O)Nc1sc2c(c1C#N)CCC(c1ccccc1)C2.